The molecule has 128 valence electrons. The van der Waals surface area contributed by atoms with Crippen molar-refractivity contribution in [3.8, 4) is 5.69 Å². The molecule has 3 aromatic rings. The molecule has 1 amide bonds. The molecule has 0 unspecified atom stereocenters. The molecule has 0 atom stereocenters. The van der Waals surface area contributed by atoms with Crippen LogP contribution in [0, 0.1) is 0 Å². The van der Waals surface area contributed by atoms with Crippen molar-refractivity contribution in [3.63, 3.8) is 0 Å². The molecule has 2 aromatic carbocycles. The van der Waals surface area contributed by atoms with Crippen LogP contribution >= 0.6 is 0 Å². The van der Waals surface area contributed by atoms with E-state index in [-0.39, 0.29) is 6.04 Å². The third kappa shape index (κ3) is 3.03. The van der Waals surface area contributed by atoms with Gasteiger partial charge in [0.15, 0.2) is 0 Å². The summed E-state index contributed by atoms with van der Waals surface area (Å²) in [5.74, 6) is 0.807. The second-order valence-electron chi connectivity index (χ2n) is 6.28. The lowest BCUT2D eigenvalue weighted by atomic mass is 10.1. The highest BCUT2D eigenvalue weighted by atomic mass is 16.4. The molecule has 6 heteroatoms. The van der Waals surface area contributed by atoms with E-state index < -0.39 is 6.09 Å². The summed E-state index contributed by atoms with van der Waals surface area (Å²) in [5.41, 5.74) is 3.05. The van der Waals surface area contributed by atoms with Crippen LogP contribution < -0.4 is 5.32 Å². The minimum absolute atomic E-state index is 0.217. The predicted octanol–water partition coefficient (Wildman–Crippen LogP) is 3.58. The van der Waals surface area contributed by atoms with Gasteiger partial charge in [0.1, 0.15) is 0 Å². The minimum Gasteiger partial charge on any atom is -0.465 e. The maximum atomic E-state index is 11.1. The number of nitrogens with zero attached hydrogens (tertiary/aromatic N) is 3. The number of para-hydroxylation sites is 3. The molecule has 6 nitrogen and oxygen atoms in total. The molecule has 1 saturated heterocycles. The van der Waals surface area contributed by atoms with Crippen molar-refractivity contribution in [1.82, 2.24) is 14.5 Å². The smallest absolute Gasteiger partial charge is 0.407 e. The van der Waals surface area contributed by atoms with Crippen molar-refractivity contribution in [1.29, 1.82) is 0 Å². The molecule has 2 N–H and O–H groups in total. The Kier molecular flexibility index (Phi) is 4.01. The van der Waals surface area contributed by atoms with Crippen molar-refractivity contribution >= 4 is 23.1 Å². The Morgan fingerprint density at radius 2 is 1.72 bits per heavy atom. The summed E-state index contributed by atoms with van der Waals surface area (Å²) in [7, 11) is 0. The number of rotatable bonds is 3. The molecule has 0 aliphatic carbocycles. The number of likely N-dealkylation sites (tertiary alicyclic amines) is 1. The van der Waals surface area contributed by atoms with Gasteiger partial charge in [-0.3, -0.25) is 4.57 Å². The summed E-state index contributed by atoms with van der Waals surface area (Å²) in [6, 6.07) is 18.4. The monoisotopic (exact) mass is 336 g/mol. The summed E-state index contributed by atoms with van der Waals surface area (Å²) in [5, 5.41) is 12.6. The highest BCUT2D eigenvalue weighted by Gasteiger charge is 2.24. The predicted molar refractivity (Wildman–Crippen MR) is 97.3 cm³/mol. The average molecular weight is 336 g/mol. The number of benzene rings is 2. The number of amides is 1. The summed E-state index contributed by atoms with van der Waals surface area (Å²) in [6.07, 6.45) is 0.726. The van der Waals surface area contributed by atoms with E-state index in [0.717, 1.165) is 35.5 Å². The molecule has 1 aromatic heterocycles. The first-order valence-corrected chi connectivity index (χ1v) is 8.50. The Morgan fingerprint density at radius 3 is 2.44 bits per heavy atom. The Labute approximate surface area is 145 Å². The third-order valence-electron chi connectivity index (χ3n) is 4.67. The van der Waals surface area contributed by atoms with Gasteiger partial charge in [-0.15, -0.1) is 0 Å². The van der Waals surface area contributed by atoms with Crippen molar-refractivity contribution in [2.75, 3.05) is 18.4 Å². The van der Waals surface area contributed by atoms with Crippen LogP contribution in [0.5, 0.6) is 0 Å². The summed E-state index contributed by atoms with van der Waals surface area (Å²) in [4.78, 5) is 17.3. The fraction of sp³-hybridized carbons (Fsp3) is 0.263. The number of aromatic nitrogens is 2. The fourth-order valence-corrected chi connectivity index (χ4v) is 3.36. The second kappa shape index (κ2) is 6.47. The maximum absolute atomic E-state index is 11.1. The van der Waals surface area contributed by atoms with Crippen LogP contribution in [0.1, 0.15) is 12.8 Å². The number of carboxylic acid groups (broad SMARTS) is 1. The summed E-state index contributed by atoms with van der Waals surface area (Å²) in [6.45, 7) is 1.11. The van der Waals surface area contributed by atoms with Gasteiger partial charge in [0.05, 0.1) is 11.0 Å². The molecule has 4 rings (SSSR count). The lowest BCUT2D eigenvalue weighted by Gasteiger charge is -2.30. The average Bonchev–Trinajstić information content (AvgIpc) is 3.00. The summed E-state index contributed by atoms with van der Waals surface area (Å²) < 4.78 is 2.12. The van der Waals surface area contributed by atoms with Crippen LogP contribution in [0.25, 0.3) is 16.7 Å². The number of fused-ring (bicyclic) bond motifs is 1. The van der Waals surface area contributed by atoms with Crippen LogP contribution in [-0.4, -0.2) is 44.8 Å². The van der Waals surface area contributed by atoms with Crippen LogP contribution in [-0.2, 0) is 0 Å². The van der Waals surface area contributed by atoms with Crippen molar-refractivity contribution in [2.24, 2.45) is 0 Å². The number of piperidine rings is 1. The van der Waals surface area contributed by atoms with Gasteiger partial charge in [-0.1, -0.05) is 30.3 Å². The topological polar surface area (TPSA) is 70.4 Å². The van der Waals surface area contributed by atoms with Crippen molar-refractivity contribution < 1.29 is 9.90 Å². The molecular weight excluding hydrogens is 316 g/mol. The van der Waals surface area contributed by atoms with E-state index in [0.29, 0.717) is 13.1 Å². The van der Waals surface area contributed by atoms with Crippen molar-refractivity contribution in [3.05, 3.63) is 54.6 Å². The lowest BCUT2D eigenvalue weighted by Crippen LogP contribution is -2.42. The number of imidazole rings is 1. The fourth-order valence-electron chi connectivity index (χ4n) is 3.36. The first-order valence-electron chi connectivity index (χ1n) is 8.50. The molecule has 0 bridgehead atoms. The maximum Gasteiger partial charge on any atom is 0.407 e. The standard InChI is InChI=1S/C19H20N4O2/c24-19(25)22-12-10-14(11-13-22)20-18-21-16-8-4-5-9-17(16)23(18)15-6-2-1-3-7-15/h1-9,14H,10-13H2,(H,20,21)(H,24,25). The molecule has 1 aliphatic rings. The van der Waals surface area contributed by atoms with Gasteiger partial charge in [0.25, 0.3) is 0 Å². The van der Waals surface area contributed by atoms with E-state index in [2.05, 4.69) is 28.1 Å². The van der Waals surface area contributed by atoms with Gasteiger partial charge in [-0.25, -0.2) is 9.78 Å². The van der Waals surface area contributed by atoms with Gasteiger partial charge in [0.2, 0.25) is 5.95 Å². The van der Waals surface area contributed by atoms with Crippen LogP contribution in [0.4, 0.5) is 10.7 Å². The molecule has 1 aliphatic heterocycles. The van der Waals surface area contributed by atoms with E-state index in [1.807, 2.05) is 36.4 Å². The zero-order valence-corrected chi connectivity index (χ0v) is 13.8. The molecule has 0 radical (unpaired) electrons. The SMILES string of the molecule is O=C(O)N1CCC(Nc2nc3ccccc3n2-c2ccccc2)CC1. The Balaban J connectivity index is 1.65. The normalized spacial score (nSPS) is 15.4. The van der Waals surface area contributed by atoms with Crippen LogP contribution in [0.15, 0.2) is 54.6 Å². The molecule has 1 fully saturated rings. The number of nitrogens with one attached hydrogen (secondary N) is 1. The number of hydrogen-bond donors (Lipinski definition) is 2. The molecule has 0 saturated carbocycles. The van der Waals surface area contributed by atoms with Gasteiger partial charge in [-0.05, 0) is 37.1 Å². The summed E-state index contributed by atoms with van der Waals surface area (Å²) >= 11 is 0. The number of carbonyl (C=O) groups is 1. The molecule has 2 heterocycles. The Bertz CT molecular complexity index is 883. The van der Waals surface area contributed by atoms with Crippen LogP contribution in [0.3, 0.4) is 0 Å². The van der Waals surface area contributed by atoms with Gasteiger partial charge in [0, 0.05) is 24.8 Å². The quantitative estimate of drug-likeness (QED) is 0.767. The van der Waals surface area contributed by atoms with Gasteiger partial charge >= 0.3 is 6.09 Å². The third-order valence-corrected chi connectivity index (χ3v) is 4.67. The first kappa shape index (κ1) is 15.5. The highest BCUT2D eigenvalue weighted by Crippen LogP contribution is 2.26. The number of anilines is 1. The zero-order chi connectivity index (χ0) is 17.2. The van der Waals surface area contributed by atoms with E-state index in [9.17, 15) is 4.79 Å². The Hall–Kier alpha value is -3.02. The largest absolute Gasteiger partial charge is 0.465 e. The molecule has 0 spiro atoms. The minimum atomic E-state index is -0.838. The highest BCUT2D eigenvalue weighted by molar-refractivity contribution is 5.81. The van der Waals surface area contributed by atoms with E-state index in [1.165, 1.54) is 4.90 Å². The zero-order valence-electron chi connectivity index (χ0n) is 13.8. The van der Waals surface area contributed by atoms with E-state index >= 15 is 0 Å². The van der Waals surface area contributed by atoms with Gasteiger partial charge in [-0.2, -0.15) is 0 Å². The van der Waals surface area contributed by atoms with E-state index in [1.54, 1.807) is 0 Å². The molecule has 25 heavy (non-hydrogen) atoms. The first-order chi connectivity index (χ1) is 12.2. The van der Waals surface area contributed by atoms with Gasteiger partial charge < -0.3 is 15.3 Å². The van der Waals surface area contributed by atoms with Crippen LogP contribution in [0.2, 0.25) is 0 Å². The lowest BCUT2D eigenvalue weighted by molar-refractivity contribution is 0.133. The van der Waals surface area contributed by atoms with E-state index in [4.69, 9.17) is 10.1 Å². The Morgan fingerprint density at radius 1 is 1.04 bits per heavy atom. The number of hydrogen-bond acceptors (Lipinski definition) is 3. The molecular formula is C19H20N4O2. The van der Waals surface area contributed by atoms with Crippen molar-refractivity contribution in [2.45, 2.75) is 18.9 Å². The second-order valence-corrected chi connectivity index (χ2v) is 6.28.